The maximum absolute atomic E-state index is 13.2. The molecule has 0 aliphatic carbocycles. The van der Waals surface area contributed by atoms with E-state index in [1.807, 2.05) is 0 Å². The van der Waals surface area contributed by atoms with Crippen molar-refractivity contribution in [2.45, 2.75) is 12.1 Å². The number of ether oxygens (including phenoxy) is 3. The number of aromatic nitrogens is 1. The predicted octanol–water partition coefficient (Wildman–Crippen LogP) is 3.36. The summed E-state index contributed by atoms with van der Waals surface area (Å²) in [7, 11) is 1.54. The van der Waals surface area contributed by atoms with E-state index in [9.17, 15) is 19.5 Å². The number of hydrogen-bond acceptors (Lipinski definition) is 7. The molecular weight excluding hydrogens is 528 g/mol. The van der Waals surface area contributed by atoms with Gasteiger partial charge in [-0.15, -0.1) is 0 Å². The fourth-order valence-electron chi connectivity index (χ4n) is 5.21. The second kappa shape index (κ2) is 10.5. The Labute approximate surface area is 235 Å². The number of nitrogens with one attached hydrogen (secondary N) is 2. The molecule has 2 aliphatic heterocycles. The predicted molar refractivity (Wildman–Crippen MR) is 148 cm³/mol. The Balaban J connectivity index is 1.25. The van der Waals surface area contributed by atoms with Crippen LogP contribution in [-0.4, -0.2) is 65.8 Å². The van der Waals surface area contributed by atoms with E-state index in [1.54, 1.807) is 77.8 Å². The van der Waals surface area contributed by atoms with Crippen molar-refractivity contribution in [1.29, 1.82) is 0 Å². The largest absolute Gasteiger partial charge is 0.497 e. The standard InChI is InChI=1S/C30H28N4O7/c1-39-23-8-5-20-17-34(27(36)25(20)16-23)18-30(28(37)31-29(38)32-30)21-6-9-22(10-7-21)41-24-4-2-3-19(15-24)26(35)33-11-13-40-14-12-33/h2-10,15-17,36H,11-14,18H2,1H3,(H2,31,32,37,38)/t30-/m0/s1. The number of carbonyl (C=O) groups is 3. The van der Waals surface area contributed by atoms with Crippen LogP contribution in [0.4, 0.5) is 4.79 Å². The van der Waals surface area contributed by atoms with Gasteiger partial charge >= 0.3 is 6.03 Å². The average Bonchev–Trinajstić information content (AvgIpc) is 3.47. The van der Waals surface area contributed by atoms with Gasteiger partial charge in [-0.25, -0.2) is 4.79 Å². The molecule has 3 heterocycles. The maximum Gasteiger partial charge on any atom is 0.322 e. The number of fused-ring (bicyclic) bond motifs is 1. The van der Waals surface area contributed by atoms with Gasteiger partial charge in [-0.2, -0.15) is 0 Å². The van der Waals surface area contributed by atoms with Crippen LogP contribution in [0.2, 0.25) is 0 Å². The van der Waals surface area contributed by atoms with E-state index in [0.717, 1.165) is 5.39 Å². The van der Waals surface area contributed by atoms with E-state index in [2.05, 4.69) is 10.6 Å². The number of methoxy groups -OCH3 is 1. The molecule has 41 heavy (non-hydrogen) atoms. The van der Waals surface area contributed by atoms with Crippen molar-refractivity contribution in [1.82, 2.24) is 20.1 Å². The summed E-state index contributed by atoms with van der Waals surface area (Å²) in [6.07, 6.45) is 1.71. The van der Waals surface area contributed by atoms with Crippen molar-refractivity contribution >= 4 is 28.6 Å². The lowest BCUT2D eigenvalue weighted by molar-refractivity contribution is -0.124. The van der Waals surface area contributed by atoms with Gasteiger partial charge in [-0.1, -0.05) is 18.2 Å². The zero-order chi connectivity index (χ0) is 28.6. The van der Waals surface area contributed by atoms with Gasteiger partial charge in [0.05, 0.1) is 26.9 Å². The monoisotopic (exact) mass is 556 g/mol. The Morgan fingerprint density at radius 3 is 2.46 bits per heavy atom. The molecule has 1 aromatic heterocycles. The number of carbonyl (C=O) groups excluding carboxylic acids is 3. The lowest BCUT2D eigenvalue weighted by atomic mass is 9.89. The minimum Gasteiger partial charge on any atom is -0.497 e. The third-order valence-corrected chi connectivity index (χ3v) is 7.38. The number of imide groups is 1. The molecule has 4 amide bonds. The molecular formula is C30H28N4O7. The van der Waals surface area contributed by atoms with Crippen LogP contribution in [0.5, 0.6) is 23.1 Å². The number of nitrogens with zero attached hydrogens (tertiary/aromatic N) is 2. The minimum atomic E-state index is -1.48. The molecule has 2 aliphatic rings. The average molecular weight is 557 g/mol. The lowest BCUT2D eigenvalue weighted by Gasteiger charge is -2.27. The van der Waals surface area contributed by atoms with Crippen molar-refractivity contribution in [3.05, 3.63) is 84.1 Å². The zero-order valence-corrected chi connectivity index (χ0v) is 22.3. The summed E-state index contributed by atoms with van der Waals surface area (Å²) in [5.41, 5.74) is -0.461. The zero-order valence-electron chi connectivity index (χ0n) is 22.3. The number of hydrogen-bond donors (Lipinski definition) is 3. The lowest BCUT2D eigenvalue weighted by Crippen LogP contribution is -2.47. The topological polar surface area (TPSA) is 131 Å². The van der Waals surface area contributed by atoms with Gasteiger partial charge in [0.1, 0.15) is 17.2 Å². The molecule has 0 radical (unpaired) electrons. The molecule has 2 saturated heterocycles. The van der Waals surface area contributed by atoms with Crippen molar-refractivity contribution < 1.29 is 33.7 Å². The molecule has 2 fully saturated rings. The minimum absolute atomic E-state index is 0.0562. The van der Waals surface area contributed by atoms with Crippen molar-refractivity contribution in [3.8, 4) is 23.1 Å². The Kier molecular flexibility index (Phi) is 6.72. The van der Waals surface area contributed by atoms with Gasteiger partial charge in [0, 0.05) is 35.6 Å². The van der Waals surface area contributed by atoms with Crippen molar-refractivity contribution in [3.63, 3.8) is 0 Å². The molecule has 6 rings (SSSR count). The molecule has 1 atom stereocenters. The van der Waals surface area contributed by atoms with Gasteiger partial charge in [0.2, 0.25) is 0 Å². The van der Waals surface area contributed by atoms with Gasteiger partial charge in [-0.05, 0) is 54.1 Å². The molecule has 3 aromatic carbocycles. The van der Waals surface area contributed by atoms with E-state index < -0.39 is 17.5 Å². The molecule has 3 N–H and O–H groups in total. The molecule has 0 bridgehead atoms. The Morgan fingerprint density at radius 2 is 1.76 bits per heavy atom. The fourth-order valence-corrected chi connectivity index (χ4v) is 5.21. The van der Waals surface area contributed by atoms with Crippen LogP contribution in [-0.2, 0) is 21.6 Å². The highest BCUT2D eigenvalue weighted by Gasteiger charge is 2.48. The number of urea groups is 1. The first kappa shape index (κ1) is 26.2. The van der Waals surface area contributed by atoms with E-state index in [0.29, 0.717) is 60.1 Å². The Hall–Kier alpha value is -5.03. The van der Waals surface area contributed by atoms with E-state index >= 15 is 0 Å². The summed E-state index contributed by atoms with van der Waals surface area (Å²) < 4.78 is 18.1. The Morgan fingerprint density at radius 1 is 1.00 bits per heavy atom. The number of aromatic hydroxyl groups is 1. The third-order valence-electron chi connectivity index (χ3n) is 7.38. The SMILES string of the molecule is COc1ccc2cn(C[C@@]3(c4ccc(Oc5cccc(C(=O)N6CCOCC6)c5)cc4)NC(=O)NC3=O)c(O)c2c1. The molecule has 11 nitrogen and oxygen atoms in total. The van der Waals surface area contributed by atoms with E-state index in [4.69, 9.17) is 14.2 Å². The van der Waals surface area contributed by atoms with Crippen LogP contribution >= 0.6 is 0 Å². The molecule has 4 aromatic rings. The molecule has 0 spiro atoms. The summed E-state index contributed by atoms with van der Waals surface area (Å²) in [5, 5.41) is 17.3. The summed E-state index contributed by atoms with van der Waals surface area (Å²) in [4.78, 5) is 40.1. The Bertz CT molecular complexity index is 1640. The van der Waals surface area contributed by atoms with Gasteiger partial charge in [0.25, 0.3) is 11.8 Å². The third kappa shape index (κ3) is 4.91. The normalized spacial score (nSPS) is 18.7. The summed E-state index contributed by atoms with van der Waals surface area (Å²) in [5.74, 6) is 0.861. The van der Waals surface area contributed by atoms with Gasteiger partial charge in [-0.3, -0.25) is 14.9 Å². The molecule has 0 unspecified atom stereocenters. The summed E-state index contributed by atoms with van der Waals surface area (Å²) >= 11 is 0. The number of morpholine rings is 1. The number of benzene rings is 3. The fraction of sp³-hybridized carbons (Fsp3) is 0.233. The van der Waals surface area contributed by atoms with Gasteiger partial charge in [0.15, 0.2) is 11.4 Å². The number of rotatable bonds is 7. The summed E-state index contributed by atoms with van der Waals surface area (Å²) in [6.45, 7) is 2.07. The number of amides is 4. The van der Waals surface area contributed by atoms with Crippen LogP contribution in [0, 0.1) is 0 Å². The first-order valence-electron chi connectivity index (χ1n) is 13.1. The quantitative estimate of drug-likeness (QED) is 0.298. The van der Waals surface area contributed by atoms with Crippen LogP contribution in [0.1, 0.15) is 15.9 Å². The van der Waals surface area contributed by atoms with Crippen molar-refractivity contribution in [2.75, 3.05) is 33.4 Å². The molecule has 210 valence electrons. The highest BCUT2D eigenvalue weighted by Crippen LogP contribution is 2.35. The van der Waals surface area contributed by atoms with E-state index in [-0.39, 0.29) is 18.3 Å². The van der Waals surface area contributed by atoms with Crippen LogP contribution in [0.25, 0.3) is 10.8 Å². The van der Waals surface area contributed by atoms with Crippen LogP contribution < -0.4 is 20.1 Å². The van der Waals surface area contributed by atoms with Crippen LogP contribution in [0.3, 0.4) is 0 Å². The highest BCUT2D eigenvalue weighted by atomic mass is 16.5. The van der Waals surface area contributed by atoms with E-state index in [1.165, 1.54) is 11.7 Å². The maximum atomic E-state index is 13.2. The van der Waals surface area contributed by atoms with Gasteiger partial charge < -0.3 is 34.1 Å². The smallest absolute Gasteiger partial charge is 0.322 e. The van der Waals surface area contributed by atoms with Crippen LogP contribution in [0.15, 0.2) is 72.9 Å². The summed E-state index contributed by atoms with van der Waals surface area (Å²) in [6, 6.07) is 18.3. The highest BCUT2D eigenvalue weighted by molar-refractivity contribution is 6.07. The second-order valence-corrected chi connectivity index (χ2v) is 9.91. The second-order valence-electron chi connectivity index (χ2n) is 9.91. The first-order valence-corrected chi connectivity index (χ1v) is 13.1. The van der Waals surface area contributed by atoms with Crippen molar-refractivity contribution in [2.24, 2.45) is 0 Å². The first-order chi connectivity index (χ1) is 19.9. The molecule has 11 heteroatoms. The molecule has 0 saturated carbocycles.